The summed E-state index contributed by atoms with van der Waals surface area (Å²) in [6, 6.07) is 8.38. The van der Waals surface area contributed by atoms with Crippen LogP contribution in [0, 0.1) is 20.8 Å². The van der Waals surface area contributed by atoms with Crippen LogP contribution >= 0.6 is 11.3 Å². The Morgan fingerprint density at radius 2 is 1.90 bits per heavy atom. The predicted octanol–water partition coefficient (Wildman–Crippen LogP) is 4.72. The molecule has 1 N–H and O–H groups in total. The molecule has 3 aromatic rings. The topological polar surface area (TPSA) is 37.8 Å². The van der Waals surface area contributed by atoms with Gasteiger partial charge in [-0.2, -0.15) is 0 Å². The molecule has 1 aromatic carbocycles. The molecule has 0 fully saturated rings. The second kappa shape index (κ2) is 5.45. The Morgan fingerprint density at radius 3 is 2.57 bits per heavy atom. The fourth-order valence-corrected chi connectivity index (χ4v) is 3.41. The molecule has 0 aliphatic heterocycles. The van der Waals surface area contributed by atoms with E-state index >= 15 is 0 Å². The van der Waals surface area contributed by atoms with E-state index in [0.717, 1.165) is 34.0 Å². The molecule has 108 valence electrons. The highest BCUT2D eigenvalue weighted by atomic mass is 32.1. The number of hydrogen-bond donors (Lipinski definition) is 1. The molecule has 0 saturated heterocycles. The summed E-state index contributed by atoms with van der Waals surface area (Å²) in [4.78, 5) is 12.0. The number of hydrogen-bond acceptors (Lipinski definition) is 4. The molecule has 3 nitrogen and oxygen atoms in total. The third-order valence-electron chi connectivity index (χ3n) is 3.66. The van der Waals surface area contributed by atoms with Gasteiger partial charge in [0.15, 0.2) is 5.82 Å². The summed E-state index contributed by atoms with van der Waals surface area (Å²) in [6.07, 6.45) is 0. The van der Waals surface area contributed by atoms with Gasteiger partial charge in [-0.25, -0.2) is 9.97 Å². The number of anilines is 1. The number of benzene rings is 1. The largest absolute Gasteiger partial charge is 0.370 e. The Balaban J connectivity index is 2.25. The Morgan fingerprint density at radius 1 is 1.10 bits per heavy atom. The average Bonchev–Trinajstić information content (AvgIpc) is 2.79. The van der Waals surface area contributed by atoms with Gasteiger partial charge < -0.3 is 5.32 Å². The van der Waals surface area contributed by atoms with Gasteiger partial charge in [-0.1, -0.05) is 12.1 Å². The van der Waals surface area contributed by atoms with Crippen molar-refractivity contribution in [3.8, 4) is 10.7 Å². The Kier molecular flexibility index (Phi) is 3.64. The van der Waals surface area contributed by atoms with Crippen LogP contribution in [0.25, 0.3) is 21.6 Å². The van der Waals surface area contributed by atoms with E-state index in [1.54, 1.807) is 11.3 Å². The molecule has 0 spiro atoms. The lowest BCUT2D eigenvalue weighted by Crippen LogP contribution is -2.03. The first kappa shape index (κ1) is 14.0. The molecule has 0 radical (unpaired) electrons. The molecule has 0 aliphatic carbocycles. The van der Waals surface area contributed by atoms with Crippen molar-refractivity contribution in [3.05, 3.63) is 40.3 Å². The SMILES string of the molecule is CCNc1nc(-c2cc(C)c(C)s2)nc2cccc(C)c12. The van der Waals surface area contributed by atoms with Gasteiger partial charge in [-0.3, -0.25) is 0 Å². The molecule has 4 heteroatoms. The van der Waals surface area contributed by atoms with Crippen molar-refractivity contribution in [3.63, 3.8) is 0 Å². The summed E-state index contributed by atoms with van der Waals surface area (Å²) in [5.41, 5.74) is 3.50. The Hall–Kier alpha value is -1.94. The van der Waals surface area contributed by atoms with E-state index in [9.17, 15) is 0 Å². The van der Waals surface area contributed by atoms with E-state index in [2.05, 4.69) is 57.3 Å². The van der Waals surface area contributed by atoms with Crippen LogP contribution in [0.2, 0.25) is 0 Å². The first-order valence-corrected chi connectivity index (χ1v) is 8.00. The van der Waals surface area contributed by atoms with Crippen molar-refractivity contribution in [2.24, 2.45) is 0 Å². The van der Waals surface area contributed by atoms with Crippen molar-refractivity contribution in [2.75, 3.05) is 11.9 Å². The molecule has 2 heterocycles. The predicted molar refractivity (Wildman–Crippen MR) is 91.2 cm³/mol. The standard InChI is InChI=1S/C17H19N3S/c1-5-18-17-15-10(2)7-6-8-13(15)19-16(20-17)14-9-11(3)12(4)21-14/h6-9H,5H2,1-4H3,(H,18,19,20). The molecule has 0 unspecified atom stereocenters. The Bertz CT molecular complexity index is 786. The number of aromatic nitrogens is 2. The zero-order valence-corrected chi connectivity index (χ0v) is 13.6. The zero-order chi connectivity index (χ0) is 15.0. The van der Waals surface area contributed by atoms with Crippen LogP contribution in [-0.2, 0) is 0 Å². The molecule has 2 aromatic heterocycles. The second-order valence-electron chi connectivity index (χ2n) is 5.25. The maximum Gasteiger partial charge on any atom is 0.172 e. The molecular weight excluding hydrogens is 278 g/mol. The number of nitrogens with one attached hydrogen (secondary N) is 1. The van der Waals surface area contributed by atoms with Crippen LogP contribution in [0.3, 0.4) is 0 Å². The smallest absolute Gasteiger partial charge is 0.172 e. The van der Waals surface area contributed by atoms with Crippen molar-refractivity contribution >= 4 is 28.1 Å². The van der Waals surface area contributed by atoms with Crippen LogP contribution in [0.15, 0.2) is 24.3 Å². The lowest BCUT2D eigenvalue weighted by molar-refractivity contribution is 1.15. The highest BCUT2D eigenvalue weighted by Crippen LogP contribution is 2.32. The molecular formula is C17H19N3S. The lowest BCUT2D eigenvalue weighted by Gasteiger charge is -2.10. The molecule has 21 heavy (non-hydrogen) atoms. The number of rotatable bonds is 3. The van der Waals surface area contributed by atoms with E-state index in [1.165, 1.54) is 16.0 Å². The van der Waals surface area contributed by atoms with Crippen molar-refractivity contribution in [1.29, 1.82) is 0 Å². The highest BCUT2D eigenvalue weighted by Gasteiger charge is 2.13. The molecule has 3 rings (SSSR count). The van der Waals surface area contributed by atoms with Crippen molar-refractivity contribution in [1.82, 2.24) is 9.97 Å². The monoisotopic (exact) mass is 297 g/mol. The van der Waals surface area contributed by atoms with Gasteiger partial charge in [-0.05, 0) is 51.0 Å². The third-order valence-corrected chi connectivity index (χ3v) is 4.81. The summed E-state index contributed by atoms with van der Waals surface area (Å²) < 4.78 is 0. The first-order valence-electron chi connectivity index (χ1n) is 7.18. The highest BCUT2D eigenvalue weighted by molar-refractivity contribution is 7.15. The van der Waals surface area contributed by atoms with Crippen LogP contribution in [0.4, 0.5) is 5.82 Å². The number of aryl methyl sites for hydroxylation is 3. The van der Waals surface area contributed by atoms with Gasteiger partial charge in [0, 0.05) is 16.8 Å². The number of fused-ring (bicyclic) bond motifs is 1. The van der Waals surface area contributed by atoms with E-state index in [-0.39, 0.29) is 0 Å². The van der Waals surface area contributed by atoms with Gasteiger partial charge in [0.05, 0.1) is 10.4 Å². The molecule has 0 aliphatic rings. The minimum absolute atomic E-state index is 0.810. The van der Waals surface area contributed by atoms with Gasteiger partial charge >= 0.3 is 0 Å². The number of thiophene rings is 1. The maximum atomic E-state index is 4.76. The van der Waals surface area contributed by atoms with E-state index in [1.807, 2.05) is 0 Å². The first-order chi connectivity index (χ1) is 10.1. The zero-order valence-electron chi connectivity index (χ0n) is 12.8. The summed E-state index contributed by atoms with van der Waals surface area (Å²) in [7, 11) is 0. The van der Waals surface area contributed by atoms with E-state index in [4.69, 9.17) is 9.97 Å². The Labute approximate surface area is 129 Å². The minimum Gasteiger partial charge on any atom is -0.370 e. The van der Waals surface area contributed by atoms with Crippen LogP contribution in [-0.4, -0.2) is 16.5 Å². The summed E-state index contributed by atoms with van der Waals surface area (Å²) in [6.45, 7) is 9.31. The van der Waals surface area contributed by atoms with Crippen molar-refractivity contribution in [2.45, 2.75) is 27.7 Å². The minimum atomic E-state index is 0.810. The van der Waals surface area contributed by atoms with Crippen LogP contribution in [0.5, 0.6) is 0 Å². The van der Waals surface area contributed by atoms with Gasteiger partial charge in [0.25, 0.3) is 0 Å². The van der Waals surface area contributed by atoms with Crippen LogP contribution in [0.1, 0.15) is 22.9 Å². The van der Waals surface area contributed by atoms with Gasteiger partial charge in [-0.15, -0.1) is 11.3 Å². The van der Waals surface area contributed by atoms with Gasteiger partial charge in [0.1, 0.15) is 5.82 Å². The van der Waals surface area contributed by atoms with E-state index < -0.39 is 0 Å². The quantitative estimate of drug-likeness (QED) is 0.760. The lowest BCUT2D eigenvalue weighted by atomic mass is 10.1. The molecule has 0 amide bonds. The number of nitrogens with zero attached hydrogens (tertiary/aromatic N) is 2. The second-order valence-corrected chi connectivity index (χ2v) is 6.50. The normalized spacial score (nSPS) is 11.0. The summed E-state index contributed by atoms with van der Waals surface area (Å²) in [5.74, 6) is 1.74. The fourth-order valence-electron chi connectivity index (χ4n) is 2.44. The molecule has 0 saturated carbocycles. The van der Waals surface area contributed by atoms with Gasteiger partial charge in [0.2, 0.25) is 0 Å². The van der Waals surface area contributed by atoms with Crippen molar-refractivity contribution < 1.29 is 0 Å². The maximum absolute atomic E-state index is 4.76. The van der Waals surface area contributed by atoms with Crippen LogP contribution < -0.4 is 5.32 Å². The summed E-state index contributed by atoms with van der Waals surface area (Å²) in [5, 5.41) is 4.50. The summed E-state index contributed by atoms with van der Waals surface area (Å²) >= 11 is 1.75. The molecule has 0 atom stereocenters. The average molecular weight is 297 g/mol. The molecule has 0 bridgehead atoms. The van der Waals surface area contributed by atoms with E-state index in [0.29, 0.717) is 0 Å². The fraction of sp³-hybridized carbons (Fsp3) is 0.294. The third kappa shape index (κ3) is 2.51.